The molecule has 1 unspecified atom stereocenters. The molecule has 0 bridgehead atoms. The van der Waals surface area contributed by atoms with Gasteiger partial charge in [-0.05, 0) is 25.0 Å². The second-order valence-corrected chi connectivity index (χ2v) is 6.96. The van der Waals surface area contributed by atoms with Crippen LogP contribution in [0, 0.1) is 5.92 Å². The molecule has 5 nitrogen and oxygen atoms in total. The quantitative estimate of drug-likeness (QED) is 0.846. The van der Waals surface area contributed by atoms with Gasteiger partial charge in [0.25, 0.3) is 0 Å². The zero-order valence-corrected chi connectivity index (χ0v) is 11.9. The molecule has 0 saturated carbocycles. The Morgan fingerprint density at radius 3 is 2.84 bits per heavy atom. The van der Waals surface area contributed by atoms with Crippen LogP contribution in [0.4, 0.5) is 5.69 Å². The van der Waals surface area contributed by atoms with Crippen molar-refractivity contribution in [3.63, 3.8) is 0 Å². The van der Waals surface area contributed by atoms with Crippen molar-refractivity contribution in [1.29, 1.82) is 0 Å². The van der Waals surface area contributed by atoms with Crippen molar-refractivity contribution in [2.75, 3.05) is 31.7 Å². The molecule has 6 heteroatoms. The van der Waals surface area contributed by atoms with Crippen LogP contribution in [0.2, 0.25) is 0 Å². The number of ether oxygens (including phenoxy) is 1. The van der Waals surface area contributed by atoms with Crippen molar-refractivity contribution in [3.05, 3.63) is 24.3 Å². The first-order chi connectivity index (χ1) is 8.97. The number of hydrogen-bond donors (Lipinski definition) is 1. The average Bonchev–Trinajstić information content (AvgIpc) is 2.37. The van der Waals surface area contributed by atoms with E-state index in [0.717, 1.165) is 12.8 Å². The molecule has 1 aliphatic rings. The predicted octanol–water partition coefficient (Wildman–Crippen LogP) is 1.32. The molecule has 2 N–H and O–H groups in total. The summed E-state index contributed by atoms with van der Waals surface area (Å²) in [5, 5.41) is 0. The van der Waals surface area contributed by atoms with E-state index in [-0.39, 0.29) is 5.92 Å². The predicted molar refractivity (Wildman–Crippen MR) is 75.5 cm³/mol. The molecule has 1 aromatic carbocycles. The van der Waals surface area contributed by atoms with Crippen LogP contribution < -0.4 is 10.5 Å². The molecule has 1 heterocycles. The molecular formula is C13H20N2O3S. The maximum atomic E-state index is 11.5. The number of sulfonamides is 1. The first-order valence-electron chi connectivity index (χ1n) is 6.39. The van der Waals surface area contributed by atoms with Crippen LogP contribution in [-0.2, 0) is 10.0 Å². The van der Waals surface area contributed by atoms with Crippen molar-refractivity contribution in [2.45, 2.75) is 12.8 Å². The van der Waals surface area contributed by atoms with Crippen molar-refractivity contribution < 1.29 is 13.2 Å². The second kappa shape index (κ2) is 5.79. The number of nitrogens with two attached hydrogens (primary N) is 1. The summed E-state index contributed by atoms with van der Waals surface area (Å²) in [7, 11) is -3.10. The third kappa shape index (κ3) is 3.84. The fraction of sp³-hybridized carbons (Fsp3) is 0.538. The normalized spacial score (nSPS) is 21.2. The molecular weight excluding hydrogens is 264 g/mol. The summed E-state index contributed by atoms with van der Waals surface area (Å²) in [6, 6.07) is 7.34. The van der Waals surface area contributed by atoms with Crippen LogP contribution in [0.15, 0.2) is 24.3 Å². The number of nitrogen functional groups attached to an aromatic ring is 1. The number of piperidine rings is 1. The Labute approximate surface area is 114 Å². The highest BCUT2D eigenvalue weighted by Crippen LogP contribution is 2.23. The Balaban J connectivity index is 1.92. The molecule has 0 spiro atoms. The topological polar surface area (TPSA) is 72.6 Å². The molecule has 2 rings (SSSR count). The number of benzene rings is 1. The average molecular weight is 284 g/mol. The summed E-state index contributed by atoms with van der Waals surface area (Å²) in [6.45, 7) is 1.65. The molecule has 1 aliphatic heterocycles. The van der Waals surface area contributed by atoms with E-state index in [0.29, 0.717) is 31.1 Å². The van der Waals surface area contributed by atoms with Crippen molar-refractivity contribution >= 4 is 15.7 Å². The van der Waals surface area contributed by atoms with Gasteiger partial charge in [0, 0.05) is 19.0 Å². The Hall–Kier alpha value is -1.27. The molecule has 0 amide bonds. The van der Waals surface area contributed by atoms with E-state index < -0.39 is 10.0 Å². The van der Waals surface area contributed by atoms with Gasteiger partial charge < -0.3 is 10.5 Å². The molecule has 0 radical (unpaired) electrons. The monoisotopic (exact) mass is 284 g/mol. The maximum absolute atomic E-state index is 11.5. The third-order valence-corrected chi connectivity index (χ3v) is 4.61. The first kappa shape index (κ1) is 14.1. The van der Waals surface area contributed by atoms with E-state index in [1.165, 1.54) is 10.6 Å². The molecule has 106 valence electrons. The van der Waals surface area contributed by atoms with E-state index in [1.807, 2.05) is 18.2 Å². The number of rotatable bonds is 4. The highest BCUT2D eigenvalue weighted by Gasteiger charge is 2.26. The van der Waals surface area contributed by atoms with Crippen molar-refractivity contribution in [1.82, 2.24) is 4.31 Å². The molecule has 1 saturated heterocycles. The largest absolute Gasteiger partial charge is 0.491 e. The lowest BCUT2D eigenvalue weighted by molar-refractivity contribution is 0.181. The number of anilines is 1. The van der Waals surface area contributed by atoms with Gasteiger partial charge in [-0.1, -0.05) is 12.1 Å². The van der Waals surface area contributed by atoms with Crippen LogP contribution in [0.5, 0.6) is 5.75 Å². The van der Waals surface area contributed by atoms with Crippen LogP contribution in [0.1, 0.15) is 12.8 Å². The van der Waals surface area contributed by atoms with Gasteiger partial charge in [0.05, 0.1) is 18.6 Å². The van der Waals surface area contributed by atoms with Gasteiger partial charge in [-0.3, -0.25) is 0 Å². The highest BCUT2D eigenvalue weighted by molar-refractivity contribution is 7.88. The second-order valence-electron chi connectivity index (χ2n) is 4.98. The Bertz CT molecular complexity index is 530. The third-order valence-electron chi connectivity index (χ3n) is 3.34. The minimum absolute atomic E-state index is 0.225. The number of para-hydroxylation sites is 2. The van der Waals surface area contributed by atoms with Crippen molar-refractivity contribution in [3.8, 4) is 5.75 Å². The Kier molecular flexibility index (Phi) is 4.31. The lowest BCUT2D eigenvalue weighted by Crippen LogP contribution is -2.40. The maximum Gasteiger partial charge on any atom is 0.211 e. The Morgan fingerprint density at radius 1 is 1.42 bits per heavy atom. The van der Waals surface area contributed by atoms with Gasteiger partial charge in [0.1, 0.15) is 5.75 Å². The minimum Gasteiger partial charge on any atom is -0.491 e. The fourth-order valence-corrected chi connectivity index (χ4v) is 3.23. The summed E-state index contributed by atoms with van der Waals surface area (Å²) in [6.07, 6.45) is 3.12. The van der Waals surface area contributed by atoms with Crippen molar-refractivity contribution in [2.24, 2.45) is 5.92 Å². The van der Waals surface area contributed by atoms with Gasteiger partial charge in [-0.15, -0.1) is 0 Å². The summed E-state index contributed by atoms with van der Waals surface area (Å²) in [5.41, 5.74) is 6.41. The SMILES string of the molecule is CS(=O)(=O)N1CCCC(COc2ccccc2N)C1. The summed E-state index contributed by atoms with van der Waals surface area (Å²) in [4.78, 5) is 0. The molecule has 19 heavy (non-hydrogen) atoms. The lowest BCUT2D eigenvalue weighted by atomic mass is 10.0. The summed E-state index contributed by atoms with van der Waals surface area (Å²) in [5.74, 6) is 0.891. The van der Waals surface area contributed by atoms with Crippen LogP contribution in [0.3, 0.4) is 0 Å². The Morgan fingerprint density at radius 2 is 2.16 bits per heavy atom. The van der Waals surface area contributed by atoms with E-state index in [2.05, 4.69) is 0 Å². The summed E-state index contributed by atoms with van der Waals surface area (Å²) >= 11 is 0. The lowest BCUT2D eigenvalue weighted by Gasteiger charge is -2.30. The fourth-order valence-electron chi connectivity index (χ4n) is 2.28. The van der Waals surface area contributed by atoms with Crippen LogP contribution >= 0.6 is 0 Å². The summed E-state index contributed by atoms with van der Waals surface area (Å²) < 4.78 is 30.3. The van der Waals surface area contributed by atoms with Gasteiger partial charge >= 0.3 is 0 Å². The molecule has 1 aromatic rings. The van der Waals surface area contributed by atoms with E-state index in [1.54, 1.807) is 6.07 Å². The van der Waals surface area contributed by atoms with E-state index in [9.17, 15) is 8.42 Å². The number of nitrogens with zero attached hydrogens (tertiary/aromatic N) is 1. The molecule has 1 fully saturated rings. The van der Waals surface area contributed by atoms with E-state index in [4.69, 9.17) is 10.5 Å². The first-order valence-corrected chi connectivity index (χ1v) is 8.24. The van der Waals surface area contributed by atoms with E-state index >= 15 is 0 Å². The van der Waals surface area contributed by atoms with Crippen LogP contribution in [-0.4, -0.2) is 38.7 Å². The van der Waals surface area contributed by atoms with Gasteiger partial charge in [-0.2, -0.15) is 0 Å². The van der Waals surface area contributed by atoms with Crippen LogP contribution in [0.25, 0.3) is 0 Å². The molecule has 0 aromatic heterocycles. The standard InChI is InChI=1S/C13H20N2O3S/c1-19(16,17)15-8-4-5-11(9-15)10-18-13-7-3-2-6-12(13)14/h2-3,6-7,11H,4-5,8-10,14H2,1H3. The minimum atomic E-state index is -3.10. The molecule has 1 atom stereocenters. The van der Waals surface area contributed by atoms with Gasteiger partial charge in [0.15, 0.2) is 0 Å². The van der Waals surface area contributed by atoms with Gasteiger partial charge in [-0.25, -0.2) is 12.7 Å². The smallest absolute Gasteiger partial charge is 0.211 e. The molecule has 0 aliphatic carbocycles. The number of hydrogen-bond acceptors (Lipinski definition) is 4. The van der Waals surface area contributed by atoms with Gasteiger partial charge in [0.2, 0.25) is 10.0 Å². The zero-order chi connectivity index (χ0) is 13.9. The zero-order valence-electron chi connectivity index (χ0n) is 11.1. The highest BCUT2D eigenvalue weighted by atomic mass is 32.2.